The Morgan fingerprint density at radius 1 is 1.10 bits per heavy atom. The quantitative estimate of drug-likeness (QED) is 0.429. The van der Waals surface area contributed by atoms with Gasteiger partial charge in [0.25, 0.3) is 0 Å². The molecule has 4 nitrogen and oxygen atoms in total. The van der Waals surface area contributed by atoms with E-state index in [4.69, 9.17) is 10.7 Å². The van der Waals surface area contributed by atoms with E-state index in [2.05, 4.69) is 80.5 Å². The molecular formula is C12H14Br4N4. The number of benzene rings is 1. The van der Waals surface area contributed by atoms with E-state index in [-0.39, 0.29) is 0 Å². The van der Waals surface area contributed by atoms with Gasteiger partial charge in [0.1, 0.15) is 5.52 Å². The first kappa shape index (κ1) is 16.7. The predicted molar refractivity (Wildman–Crippen MR) is 98.5 cm³/mol. The van der Waals surface area contributed by atoms with E-state index < -0.39 is 0 Å². The van der Waals surface area contributed by atoms with Crippen LogP contribution in [0, 0.1) is 0 Å². The number of anilines is 1. The molecule has 110 valence electrons. The molecule has 3 N–H and O–H groups in total. The molecule has 0 aliphatic rings. The summed E-state index contributed by atoms with van der Waals surface area (Å²) in [6, 6.07) is 0. The highest BCUT2D eigenvalue weighted by Gasteiger charge is 2.19. The fraction of sp³-hybridized carbons (Fsp3) is 0.417. The van der Waals surface area contributed by atoms with Gasteiger partial charge in [-0.1, -0.05) is 0 Å². The maximum Gasteiger partial charge on any atom is 0.203 e. The predicted octanol–water partition coefficient (Wildman–Crippen LogP) is 4.79. The number of nitrogens with zero attached hydrogens (tertiary/aromatic N) is 2. The van der Waals surface area contributed by atoms with Crippen LogP contribution in [0.4, 0.5) is 5.95 Å². The molecule has 0 atom stereocenters. The van der Waals surface area contributed by atoms with Crippen molar-refractivity contribution in [1.29, 1.82) is 0 Å². The van der Waals surface area contributed by atoms with Gasteiger partial charge in [0.15, 0.2) is 0 Å². The van der Waals surface area contributed by atoms with Crippen molar-refractivity contribution < 1.29 is 0 Å². The first-order valence-electron chi connectivity index (χ1n) is 6.17. The number of H-pyrrole nitrogens is 1. The minimum Gasteiger partial charge on any atom is -0.343 e. The van der Waals surface area contributed by atoms with E-state index in [1.165, 1.54) is 0 Å². The number of imidazole rings is 1. The molecular weight excluding hydrogens is 520 g/mol. The summed E-state index contributed by atoms with van der Waals surface area (Å²) in [6.07, 6.45) is 0.945. The number of halogens is 4. The SMILES string of the molecule is CCN(CCCN)c1nc2c(Br)c(Br)c(Br)c(Br)c2[nH]1. The van der Waals surface area contributed by atoms with Crippen LogP contribution >= 0.6 is 63.7 Å². The molecule has 1 aromatic heterocycles. The van der Waals surface area contributed by atoms with Crippen molar-refractivity contribution in [2.24, 2.45) is 5.73 Å². The lowest BCUT2D eigenvalue weighted by Gasteiger charge is -2.19. The van der Waals surface area contributed by atoms with E-state index in [0.717, 1.165) is 54.4 Å². The first-order valence-corrected chi connectivity index (χ1v) is 9.35. The van der Waals surface area contributed by atoms with E-state index in [0.29, 0.717) is 6.54 Å². The third-order valence-electron chi connectivity index (χ3n) is 3.01. The highest BCUT2D eigenvalue weighted by atomic mass is 79.9. The zero-order valence-corrected chi connectivity index (χ0v) is 17.2. The van der Waals surface area contributed by atoms with Crippen molar-refractivity contribution in [1.82, 2.24) is 9.97 Å². The summed E-state index contributed by atoms with van der Waals surface area (Å²) in [5.41, 5.74) is 7.45. The lowest BCUT2D eigenvalue weighted by atomic mass is 10.3. The number of hydrogen-bond donors (Lipinski definition) is 2. The van der Waals surface area contributed by atoms with Crippen molar-refractivity contribution in [2.45, 2.75) is 13.3 Å². The minimum atomic E-state index is 0.682. The second-order valence-electron chi connectivity index (χ2n) is 4.26. The average molecular weight is 534 g/mol. The van der Waals surface area contributed by atoms with Gasteiger partial charge in [0.2, 0.25) is 5.95 Å². The molecule has 0 saturated carbocycles. The number of aromatic amines is 1. The average Bonchev–Trinajstić information content (AvgIpc) is 2.89. The third kappa shape index (κ3) is 3.09. The Morgan fingerprint density at radius 2 is 1.75 bits per heavy atom. The fourth-order valence-electron chi connectivity index (χ4n) is 1.93. The van der Waals surface area contributed by atoms with Gasteiger partial charge in [-0.2, -0.15) is 0 Å². The summed E-state index contributed by atoms with van der Waals surface area (Å²) in [7, 11) is 0. The Labute approximate surface area is 151 Å². The monoisotopic (exact) mass is 530 g/mol. The van der Waals surface area contributed by atoms with Crippen molar-refractivity contribution in [3.8, 4) is 0 Å². The smallest absolute Gasteiger partial charge is 0.203 e. The van der Waals surface area contributed by atoms with E-state index in [9.17, 15) is 0 Å². The summed E-state index contributed by atoms with van der Waals surface area (Å²) in [5.74, 6) is 0.863. The molecule has 0 saturated heterocycles. The molecule has 0 amide bonds. The molecule has 1 heterocycles. The molecule has 0 fully saturated rings. The van der Waals surface area contributed by atoms with Crippen LogP contribution in [0.3, 0.4) is 0 Å². The van der Waals surface area contributed by atoms with Gasteiger partial charge in [-0.05, 0) is 83.6 Å². The van der Waals surface area contributed by atoms with Crippen molar-refractivity contribution in [3.05, 3.63) is 17.9 Å². The van der Waals surface area contributed by atoms with Gasteiger partial charge in [0.05, 0.1) is 14.5 Å². The molecule has 0 aliphatic heterocycles. The van der Waals surface area contributed by atoms with Crippen LogP contribution in [0.25, 0.3) is 11.0 Å². The van der Waals surface area contributed by atoms with Crippen molar-refractivity contribution in [3.63, 3.8) is 0 Å². The van der Waals surface area contributed by atoms with Gasteiger partial charge in [0, 0.05) is 22.0 Å². The third-order valence-corrected chi connectivity index (χ3v) is 7.76. The first-order chi connectivity index (χ1) is 9.51. The highest BCUT2D eigenvalue weighted by Crippen LogP contribution is 2.43. The van der Waals surface area contributed by atoms with E-state index >= 15 is 0 Å². The zero-order valence-electron chi connectivity index (χ0n) is 10.8. The van der Waals surface area contributed by atoms with Crippen LogP contribution in [0.5, 0.6) is 0 Å². The second-order valence-corrected chi connectivity index (χ2v) is 7.43. The number of nitrogens with one attached hydrogen (secondary N) is 1. The number of fused-ring (bicyclic) bond motifs is 1. The van der Waals surface area contributed by atoms with Gasteiger partial charge in [-0.15, -0.1) is 0 Å². The minimum absolute atomic E-state index is 0.682. The number of nitrogens with two attached hydrogens (primary N) is 1. The van der Waals surface area contributed by atoms with E-state index in [1.54, 1.807) is 0 Å². The van der Waals surface area contributed by atoms with Crippen molar-refractivity contribution in [2.75, 3.05) is 24.5 Å². The summed E-state index contributed by atoms with van der Waals surface area (Å²) >= 11 is 14.3. The Kier molecular flexibility index (Phi) is 5.93. The summed E-state index contributed by atoms with van der Waals surface area (Å²) in [5, 5.41) is 0. The van der Waals surface area contributed by atoms with Gasteiger partial charge in [-0.3, -0.25) is 0 Å². The van der Waals surface area contributed by atoms with Gasteiger partial charge >= 0.3 is 0 Å². The molecule has 0 bridgehead atoms. The molecule has 2 aromatic rings. The molecule has 20 heavy (non-hydrogen) atoms. The lowest BCUT2D eigenvalue weighted by Crippen LogP contribution is -2.26. The van der Waals surface area contributed by atoms with Gasteiger partial charge < -0.3 is 15.6 Å². The maximum atomic E-state index is 5.59. The van der Waals surface area contributed by atoms with Crippen LogP contribution in [0.2, 0.25) is 0 Å². The highest BCUT2D eigenvalue weighted by molar-refractivity contribution is 9.15. The van der Waals surface area contributed by atoms with Crippen LogP contribution in [-0.2, 0) is 0 Å². The number of aromatic nitrogens is 2. The second kappa shape index (κ2) is 7.09. The van der Waals surface area contributed by atoms with Crippen LogP contribution in [-0.4, -0.2) is 29.6 Å². The number of rotatable bonds is 5. The molecule has 2 rings (SSSR count). The van der Waals surface area contributed by atoms with Crippen LogP contribution < -0.4 is 10.6 Å². The Morgan fingerprint density at radius 3 is 2.35 bits per heavy atom. The Hall–Kier alpha value is 0.370. The zero-order chi connectivity index (χ0) is 14.9. The molecule has 0 radical (unpaired) electrons. The standard InChI is InChI=1S/C12H14Br4N4/c1-2-20(5-3-4-17)12-18-10-8(15)6(13)7(14)9(16)11(10)19-12/h2-5,17H2,1H3,(H,18,19). The lowest BCUT2D eigenvalue weighted by molar-refractivity contribution is 0.739. The summed E-state index contributed by atoms with van der Waals surface area (Å²) < 4.78 is 3.79. The Balaban J connectivity index is 2.53. The molecule has 0 unspecified atom stereocenters. The largest absolute Gasteiger partial charge is 0.343 e. The normalized spacial score (nSPS) is 11.3. The topological polar surface area (TPSA) is 57.9 Å². The van der Waals surface area contributed by atoms with Crippen LogP contribution in [0.15, 0.2) is 17.9 Å². The molecule has 0 spiro atoms. The van der Waals surface area contributed by atoms with Crippen LogP contribution in [0.1, 0.15) is 13.3 Å². The molecule has 8 heteroatoms. The van der Waals surface area contributed by atoms with E-state index in [1.807, 2.05) is 0 Å². The van der Waals surface area contributed by atoms with Crippen molar-refractivity contribution >= 4 is 80.7 Å². The number of hydrogen-bond acceptors (Lipinski definition) is 3. The Bertz CT molecular complexity index is 581. The summed E-state index contributed by atoms with van der Waals surface area (Å²) in [4.78, 5) is 10.3. The molecule has 1 aromatic carbocycles. The summed E-state index contributed by atoms with van der Waals surface area (Å²) in [6.45, 7) is 4.57. The maximum absolute atomic E-state index is 5.59. The van der Waals surface area contributed by atoms with Gasteiger partial charge in [-0.25, -0.2) is 4.98 Å². The fourth-order valence-corrected chi connectivity index (χ4v) is 4.22. The molecule has 0 aliphatic carbocycles.